The molecule has 0 N–H and O–H groups in total. The summed E-state index contributed by atoms with van der Waals surface area (Å²) in [4.78, 5) is 4.66. The number of halogens is 1. The van der Waals surface area contributed by atoms with E-state index < -0.39 is 0 Å². The summed E-state index contributed by atoms with van der Waals surface area (Å²) in [7, 11) is 0. The van der Waals surface area contributed by atoms with Crippen molar-refractivity contribution in [3.05, 3.63) is 58.9 Å². The second-order valence-electron chi connectivity index (χ2n) is 5.34. The number of hydrogen-bond donors (Lipinski definition) is 0. The summed E-state index contributed by atoms with van der Waals surface area (Å²) in [6.07, 6.45) is 0. The predicted octanol–water partition coefficient (Wildman–Crippen LogP) is 4.69. The molecule has 0 saturated heterocycles. The number of aromatic nitrogens is 2. The number of nitrogens with zero attached hydrogens (tertiary/aromatic N) is 2. The Morgan fingerprint density at radius 2 is 1.65 bits per heavy atom. The molecule has 20 heavy (non-hydrogen) atoms. The van der Waals surface area contributed by atoms with Crippen LogP contribution < -0.4 is 0 Å². The summed E-state index contributed by atoms with van der Waals surface area (Å²) in [5.74, 6) is 1.29. The Bertz CT molecular complexity index is 767. The number of rotatable bonds is 2. The highest BCUT2D eigenvalue weighted by molar-refractivity contribution is 6.17. The summed E-state index contributed by atoms with van der Waals surface area (Å²) in [5.41, 5.74) is 6.94. The van der Waals surface area contributed by atoms with Gasteiger partial charge in [-0.2, -0.15) is 0 Å². The Morgan fingerprint density at radius 1 is 0.950 bits per heavy atom. The first-order valence-corrected chi connectivity index (χ1v) is 7.24. The molecule has 0 spiro atoms. The van der Waals surface area contributed by atoms with Crippen LogP contribution in [0, 0.1) is 20.8 Å². The minimum Gasteiger partial charge on any atom is -0.295 e. The molecule has 0 saturated carbocycles. The molecular formula is C17H17ClN2. The number of imidazole rings is 1. The van der Waals surface area contributed by atoms with E-state index in [-0.39, 0.29) is 0 Å². The zero-order chi connectivity index (χ0) is 14.3. The van der Waals surface area contributed by atoms with Crippen LogP contribution in [-0.4, -0.2) is 9.55 Å². The van der Waals surface area contributed by atoms with Gasteiger partial charge in [0, 0.05) is 5.69 Å². The molecule has 102 valence electrons. The van der Waals surface area contributed by atoms with Crippen LogP contribution in [0.3, 0.4) is 0 Å². The molecule has 3 aromatic rings. The van der Waals surface area contributed by atoms with Crippen molar-refractivity contribution in [2.45, 2.75) is 26.7 Å². The van der Waals surface area contributed by atoms with E-state index in [9.17, 15) is 0 Å². The van der Waals surface area contributed by atoms with Gasteiger partial charge in [-0.05, 0) is 61.7 Å². The van der Waals surface area contributed by atoms with Crippen LogP contribution in [-0.2, 0) is 5.88 Å². The third kappa shape index (κ3) is 2.20. The smallest absolute Gasteiger partial charge is 0.129 e. The van der Waals surface area contributed by atoms with Gasteiger partial charge in [0.1, 0.15) is 5.82 Å². The molecule has 3 rings (SSSR count). The molecule has 1 heterocycles. The first-order chi connectivity index (χ1) is 9.58. The van der Waals surface area contributed by atoms with Gasteiger partial charge in [-0.3, -0.25) is 4.57 Å². The van der Waals surface area contributed by atoms with Crippen molar-refractivity contribution in [3.63, 3.8) is 0 Å². The minimum absolute atomic E-state index is 0.403. The van der Waals surface area contributed by atoms with Crippen LogP contribution in [0.15, 0.2) is 36.4 Å². The largest absolute Gasteiger partial charge is 0.295 e. The SMILES string of the molecule is Cc1cc(C)cc(-n2c(CCl)nc3cc(C)ccc32)c1. The van der Waals surface area contributed by atoms with Gasteiger partial charge in [-0.15, -0.1) is 11.6 Å². The van der Waals surface area contributed by atoms with Crippen molar-refractivity contribution in [2.24, 2.45) is 0 Å². The highest BCUT2D eigenvalue weighted by Gasteiger charge is 2.12. The van der Waals surface area contributed by atoms with Crippen LogP contribution in [0.2, 0.25) is 0 Å². The lowest BCUT2D eigenvalue weighted by Gasteiger charge is -2.10. The van der Waals surface area contributed by atoms with E-state index >= 15 is 0 Å². The van der Waals surface area contributed by atoms with Crippen molar-refractivity contribution in [1.29, 1.82) is 0 Å². The minimum atomic E-state index is 0.403. The molecule has 0 unspecified atom stereocenters. The molecule has 1 aromatic heterocycles. The fourth-order valence-electron chi connectivity index (χ4n) is 2.70. The summed E-state index contributed by atoms with van der Waals surface area (Å²) in [6, 6.07) is 12.8. The van der Waals surface area contributed by atoms with E-state index in [1.165, 1.54) is 16.7 Å². The quantitative estimate of drug-likeness (QED) is 0.624. The Labute approximate surface area is 124 Å². The van der Waals surface area contributed by atoms with Crippen LogP contribution in [0.1, 0.15) is 22.5 Å². The lowest BCUT2D eigenvalue weighted by molar-refractivity contribution is 0.978. The first kappa shape index (κ1) is 13.2. The topological polar surface area (TPSA) is 17.8 Å². The van der Waals surface area contributed by atoms with Crippen molar-refractivity contribution < 1.29 is 0 Å². The van der Waals surface area contributed by atoms with Gasteiger partial charge in [0.15, 0.2) is 0 Å². The van der Waals surface area contributed by atoms with Gasteiger partial charge < -0.3 is 0 Å². The molecule has 0 aliphatic heterocycles. The maximum absolute atomic E-state index is 6.09. The summed E-state index contributed by atoms with van der Waals surface area (Å²) in [5, 5.41) is 0. The average molecular weight is 285 g/mol. The second-order valence-corrected chi connectivity index (χ2v) is 5.60. The molecule has 0 bridgehead atoms. The van der Waals surface area contributed by atoms with E-state index in [0.29, 0.717) is 5.88 Å². The maximum Gasteiger partial charge on any atom is 0.129 e. The van der Waals surface area contributed by atoms with Crippen LogP contribution >= 0.6 is 11.6 Å². The number of fused-ring (bicyclic) bond motifs is 1. The van der Waals surface area contributed by atoms with Gasteiger partial charge in [0.25, 0.3) is 0 Å². The Morgan fingerprint density at radius 3 is 2.30 bits per heavy atom. The molecule has 0 atom stereocenters. The van der Waals surface area contributed by atoms with Crippen LogP contribution in [0.25, 0.3) is 16.7 Å². The van der Waals surface area contributed by atoms with Crippen molar-refractivity contribution in [1.82, 2.24) is 9.55 Å². The normalized spacial score (nSPS) is 11.2. The van der Waals surface area contributed by atoms with Crippen LogP contribution in [0.5, 0.6) is 0 Å². The Balaban J connectivity index is 2.33. The average Bonchev–Trinajstić information content (AvgIpc) is 2.74. The highest BCUT2D eigenvalue weighted by atomic mass is 35.5. The molecule has 0 fully saturated rings. The second kappa shape index (κ2) is 4.95. The van der Waals surface area contributed by atoms with E-state index in [1.807, 2.05) is 0 Å². The Hall–Kier alpha value is -1.80. The summed E-state index contributed by atoms with van der Waals surface area (Å²) >= 11 is 6.09. The molecule has 3 heteroatoms. The molecule has 2 nitrogen and oxygen atoms in total. The van der Waals surface area contributed by atoms with E-state index in [2.05, 4.69) is 66.7 Å². The van der Waals surface area contributed by atoms with E-state index in [4.69, 9.17) is 11.6 Å². The molecular weight excluding hydrogens is 268 g/mol. The molecule has 0 aliphatic rings. The summed E-state index contributed by atoms with van der Waals surface area (Å²) in [6.45, 7) is 6.30. The van der Waals surface area contributed by atoms with Crippen molar-refractivity contribution in [3.8, 4) is 5.69 Å². The van der Waals surface area contributed by atoms with Gasteiger partial charge in [-0.1, -0.05) is 12.1 Å². The van der Waals surface area contributed by atoms with Crippen molar-refractivity contribution >= 4 is 22.6 Å². The first-order valence-electron chi connectivity index (χ1n) is 6.71. The van der Waals surface area contributed by atoms with Gasteiger partial charge >= 0.3 is 0 Å². The fraction of sp³-hybridized carbons (Fsp3) is 0.235. The predicted molar refractivity (Wildman–Crippen MR) is 84.8 cm³/mol. The Kier molecular flexibility index (Phi) is 3.27. The van der Waals surface area contributed by atoms with Crippen molar-refractivity contribution in [2.75, 3.05) is 0 Å². The molecule has 2 aromatic carbocycles. The third-order valence-electron chi connectivity index (χ3n) is 3.46. The number of benzene rings is 2. The van der Waals surface area contributed by atoms with Gasteiger partial charge in [-0.25, -0.2) is 4.98 Å². The number of hydrogen-bond acceptors (Lipinski definition) is 1. The molecule has 0 radical (unpaired) electrons. The zero-order valence-electron chi connectivity index (χ0n) is 11.9. The maximum atomic E-state index is 6.09. The number of aryl methyl sites for hydroxylation is 3. The standard InChI is InChI=1S/C17H17ClN2/c1-11-4-5-16-15(9-11)19-17(10-18)20(16)14-7-12(2)6-13(3)8-14/h4-9H,10H2,1-3H3. The molecule has 0 aliphatic carbocycles. The van der Waals surface area contributed by atoms with Gasteiger partial charge in [0.2, 0.25) is 0 Å². The third-order valence-corrected chi connectivity index (χ3v) is 3.70. The monoisotopic (exact) mass is 284 g/mol. The zero-order valence-corrected chi connectivity index (χ0v) is 12.7. The lowest BCUT2D eigenvalue weighted by Crippen LogP contribution is -2.00. The highest BCUT2D eigenvalue weighted by Crippen LogP contribution is 2.25. The molecule has 0 amide bonds. The van der Waals surface area contributed by atoms with E-state index in [1.54, 1.807) is 0 Å². The fourth-order valence-corrected chi connectivity index (χ4v) is 2.88. The van der Waals surface area contributed by atoms with E-state index in [0.717, 1.165) is 22.5 Å². The lowest BCUT2D eigenvalue weighted by atomic mass is 10.1. The number of alkyl halides is 1. The van der Waals surface area contributed by atoms with Gasteiger partial charge in [0.05, 0.1) is 16.9 Å². The van der Waals surface area contributed by atoms with Crippen LogP contribution in [0.4, 0.5) is 0 Å². The summed E-state index contributed by atoms with van der Waals surface area (Å²) < 4.78 is 2.15.